The minimum Gasteiger partial charge on any atom is -0.505 e. The second-order valence-electron chi connectivity index (χ2n) is 9.73. The SMILES string of the molecule is Cc1cc(N)c(N=Nc2ccc3cc(C)c(N=Nc4ccc(N=Nc5ccc(N)cc5N)cc4)c(O)c3c2)cc1C. The highest BCUT2D eigenvalue weighted by Gasteiger charge is 2.11. The molecule has 0 aliphatic heterocycles. The largest absolute Gasteiger partial charge is 0.505 e. The number of benzene rings is 5. The summed E-state index contributed by atoms with van der Waals surface area (Å²) in [5, 5.41) is 38.3. The van der Waals surface area contributed by atoms with E-state index in [1.165, 1.54) is 0 Å². The zero-order valence-corrected chi connectivity index (χ0v) is 22.9. The number of hydrogen-bond donors (Lipinski definition) is 4. The molecule has 10 heteroatoms. The molecule has 0 aromatic heterocycles. The molecule has 0 saturated carbocycles. The molecule has 0 bridgehead atoms. The number of rotatable bonds is 6. The Morgan fingerprint density at radius 3 is 1.80 bits per heavy atom. The Labute approximate surface area is 237 Å². The van der Waals surface area contributed by atoms with E-state index in [4.69, 9.17) is 17.2 Å². The average Bonchev–Trinajstić information content (AvgIpc) is 2.94. The highest BCUT2D eigenvalue weighted by atomic mass is 16.3. The zero-order chi connectivity index (χ0) is 29.1. The summed E-state index contributed by atoms with van der Waals surface area (Å²) in [6, 6.07) is 23.3. The lowest BCUT2D eigenvalue weighted by atomic mass is 10.0. The number of azo groups is 3. The van der Waals surface area contributed by atoms with Crippen molar-refractivity contribution in [3.05, 3.63) is 95.6 Å². The first-order valence-corrected chi connectivity index (χ1v) is 12.8. The number of anilines is 3. The third kappa shape index (κ3) is 6.01. The highest BCUT2D eigenvalue weighted by molar-refractivity contribution is 5.95. The van der Waals surface area contributed by atoms with Crippen molar-refractivity contribution < 1.29 is 5.11 Å². The van der Waals surface area contributed by atoms with Crippen molar-refractivity contribution in [3.63, 3.8) is 0 Å². The maximum absolute atomic E-state index is 11.1. The van der Waals surface area contributed by atoms with E-state index in [9.17, 15) is 5.11 Å². The van der Waals surface area contributed by atoms with Gasteiger partial charge in [-0.3, -0.25) is 0 Å². The van der Waals surface area contributed by atoms with Gasteiger partial charge >= 0.3 is 0 Å². The fraction of sp³-hybridized carbons (Fsp3) is 0.0968. The number of hydrogen-bond acceptors (Lipinski definition) is 10. The number of phenolic OH excluding ortho intramolecular Hbond substituents is 1. The molecule has 0 aliphatic carbocycles. The van der Waals surface area contributed by atoms with Crippen LogP contribution >= 0.6 is 0 Å². The minimum absolute atomic E-state index is 0.0120. The molecule has 0 aliphatic rings. The molecule has 0 heterocycles. The summed E-state index contributed by atoms with van der Waals surface area (Å²) in [5.74, 6) is 0.0120. The molecule has 5 aromatic rings. The molecule has 0 amide bonds. The fourth-order valence-electron chi connectivity index (χ4n) is 4.17. The van der Waals surface area contributed by atoms with Crippen LogP contribution in [-0.4, -0.2) is 5.11 Å². The van der Waals surface area contributed by atoms with Crippen molar-refractivity contribution in [3.8, 4) is 5.75 Å². The minimum atomic E-state index is 0.0120. The summed E-state index contributed by atoms with van der Waals surface area (Å²) < 4.78 is 0. The molecule has 0 radical (unpaired) electrons. The number of nitrogens with two attached hydrogens (primary N) is 3. The second-order valence-corrected chi connectivity index (χ2v) is 9.73. The van der Waals surface area contributed by atoms with Crippen LogP contribution in [0.25, 0.3) is 10.8 Å². The number of nitrogens with zero attached hydrogens (tertiary/aromatic N) is 6. The summed E-state index contributed by atoms with van der Waals surface area (Å²) in [4.78, 5) is 0. The van der Waals surface area contributed by atoms with Gasteiger partial charge in [0.05, 0.1) is 28.4 Å². The molecular weight excluding hydrogens is 514 g/mol. The number of aryl methyl sites for hydroxylation is 3. The van der Waals surface area contributed by atoms with Gasteiger partial charge in [0.2, 0.25) is 0 Å². The van der Waals surface area contributed by atoms with E-state index >= 15 is 0 Å². The van der Waals surface area contributed by atoms with Crippen LogP contribution in [0.4, 0.5) is 51.2 Å². The number of phenols is 1. The summed E-state index contributed by atoms with van der Waals surface area (Å²) in [6.07, 6.45) is 0. The lowest BCUT2D eigenvalue weighted by Crippen LogP contribution is -1.89. The number of aromatic hydroxyl groups is 1. The van der Waals surface area contributed by atoms with Crippen molar-refractivity contribution in [1.82, 2.24) is 0 Å². The third-order valence-electron chi connectivity index (χ3n) is 6.62. The topological polar surface area (TPSA) is 172 Å². The van der Waals surface area contributed by atoms with Crippen molar-refractivity contribution in [2.45, 2.75) is 20.8 Å². The first kappa shape index (κ1) is 26.9. The lowest BCUT2D eigenvalue weighted by Gasteiger charge is -2.08. The Morgan fingerprint density at radius 1 is 0.512 bits per heavy atom. The Kier molecular flexibility index (Phi) is 7.38. The molecule has 0 fully saturated rings. The smallest absolute Gasteiger partial charge is 0.151 e. The Bertz CT molecular complexity index is 1860. The highest BCUT2D eigenvalue weighted by Crippen LogP contribution is 2.40. The molecule has 0 unspecified atom stereocenters. The predicted molar refractivity (Wildman–Crippen MR) is 165 cm³/mol. The van der Waals surface area contributed by atoms with E-state index in [0.29, 0.717) is 56.6 Å². The lowest BCUT2D eigenvalue weighted by molar-refractivity contribution is 0.482. The van der Waals surface area contributed by atoms with Gasteiger partial charge in [0, 0.05) is 11.1 Å². The van der Waals surface area contributed by atoms with Crippen LogP contribution in [0.2, 0.25) is 0 Å². The molecule has 7 N–H and O–H groups in total. The average molecular weight is 544 g/mol. The van der Waals surface area contributed by atoms with Gasteiger partial charge in [-0.15, -0.1) is 15.3 Å². The maximum Gasteiger partial charge on any atom is 0.151 e. The monoisotopic (exact) mass is 543 g/mol. The van der Waals surface area contributed by atoms with Gasteiger partial charge in [0.1, 0.15) is 17.1 Å². The van der Waals surface area contributed by atoms with Crippen LogP contribution in [-0.2, 0) is 0 Å². The first-order chi connectivity index (χ1) is 19.7. The van der Waals surface area contributed by atoms with Gasteiger partial charge < -0.3 is 22.3 Å². The molecule has 41 heavy (non-hydrogen) atoms. The summed E-state index contributed by atoms with van der Waals surface area (Å²) in [5.41, 5.74) is 25.6. The Hall–Kier alpha value is -5.64. The van der Waals surface area contributed by atoms with Gasteiger partial charge in [0.25, 0.3) is 0 Å². The molecule has 5 aromatic carbocycles. The molecule has 5 rings (SSSR count). The number of fused-ring (bicyclic) bond motifs is 1. The van der Waals surface area contributed by atoms with Crippen LogP contribution < -0.4 is 17.2 Å². The van der Waals surface area contributed by atoms with E-state index in [-0.39, 0.29) is 5.75 Å². The van der Waals surface area contributed by atoms with Crippen molar-refractivity contribution in [2.24, 2.45) is 30.7 Å². The van der Waals surface area contributed by atoms with Crippen LogP contribution in [0.15, 0.2) is 110 Å². The van der Waals surface area contributed by atoms with Gasteiger partial charge in [-0.25, -0.2) is 0 Å². The molecular formula is C31H29N9O. The molecule has 204 valence electrons. The van der Waals surface area contributed by atoms with Crippen LogP contribution in [0.3, 0.4) is 0 Å². The quantitative estimate of drug-likeness (QED) is 0.123. The fourth-order valence-corrected chi connectivity index (χ4v) is 4.17. The maximum atomic E-state index is 11.1. The summed E-state index contributed by atoms with van der Waals surface area (Å²) in [7, 11) is 0. The van der Waals surface area contributed by atoms with Crippen LogP contribution in [0.1, 0.15) is 16.7 Å². The van der Waals surface area contributed by atoms with Crippen LogP contribution in [0, 0.1) is 20.8 Å². The Morgan fingerprint density at radius 2 is 1.10 bits per heavy atom. The van der Waals surface area contributed by atoms with E-state index in [1.807, 2.05) is 51.1 Å². The van der Waals surface area contributed by atoms with Crippen LogP contribution in [0.5, 0.6) is 5.75 Å². The van der Waals surface area contributed by atoms with E-state index in [0.717, 1.165) is 22.1 Å². The van der Waals surface area contributed by atoms with Crippen molar-refractivity contribution in [1.29, 1.82) is 0 Å². The standard InChI is InChI=1S/C31H29N9O/c1-17-13-26(33)29(14-18(17)2)39-37-24-6-4-20-12-19(3)30(31(41)25(20)16-24)40-36-23-9-7-22(8-10-23)35-38-28-11-5-21(32)15-27(28)34/h4-16,41H,32-34H2,1-3H3. The molecule has 0 saturated heterocycles. The Balaban J connectivity index is 1.37. The zero-order valence-electron chi connectivity index (χ0n) is 22.9. The molecule has 0 atom stereocenters. The van der Waals surface area contributed by atoms with E-state index < -0.39 is 0 Å². The van der Waals surface area contributed by atoms with E-state index in [1.54, 1.807) is 48.5 Å². The van der Waals surface area contributed by atoms with Gasteiger partial charge in [0.15, 0.2) is 5.75 Å². The van der Waals surface area contributed by atoms with Crippen molar-refractivity contribution in [2.75, 3.05) is 17.2 Å². The summed E-state index contributed by atoms with van der Waals surface area (Å²) in [6.45, 7) is 5.87. The van der Waals surface area contributed by atoms with Gasteiger partial charge in [-0.1, -0.05) is 6.07 Å². The predicted octanol–water partition coefficient (Wildman–Crippen LogP) is 9.46. The van der Waals surface area contributed by atoms with E-state index in [2.05, 4.69) is 30.7 Å². The third-order valence-corrected chi connectivity index (χ3v) is 6.62. The normalized spacial score (nSPS) is 11.9. The second kappa shape index (κ2) is 11.2. The molecule has 0 spiro atoms. The number of nitrogen functional groups attached to an aromatic ring is 3. The van der Waals surface area contributed by atoms with Crippen molar-refractivity contribution >= 4 is 62.0 Å². The van der Waals surface area contributed by atoms with Gasteiger partial charge in [-0.05, 0) is 116 Å². The summed E-state index contributed by atoms with van der Waals surface area (Å²) >= 11 is 0. The molecule has 10 nitrogen and oxygen atoms in total. The van der Waals surface area contributed by atoms with Gasteiger partial charge in [-0.2, -0.15) is 15.3 Å². The first-order valence-electron chi connectivity index (χ1n) is 12.8.